The minimum atomic E-state index is 0.721. The van der Waals surface area contributed by atoms with Crippen molar-refractivity contribution in [3.05, 3.63) is 77.4 Å². The largest absolute Gasteiger partial charge is 0.326 e. The Kier molecular flexibility index (Phi) is 4.42. The standard InChI is InChI=1S/C24H23N5/c1-18-15-23(28-13-11-27(12-14-28)17-19-7-3-2-4-8-19)29-22-10-6-5-9-21(22)26-24(29)20(18)16-25/h2-10,15H,11-14,17H2,1H3/p+2. The zero-order valence-electron chi connectivity index (χ0n) is 16.7. The second kappa shape index (κ2) is 7.23. The van der Waals surface area contributed by atoms with Crippen LogP contribution in [-0.2, 0) is 6.54 Å². The van der Waals surface area contributed by atoms with Crippen LogP contribution in [0.2, 0.25) is 0 Å². The second-order valence-electron chi connectivity index (χ2n) is 7.90. The van der Waals surface area contributed by atoms with Crippen molar-refractivity contribution < 1.29 is 9.30 Å². The minimum absolute atomic E-state index is 0.721. The Bertz CT molecular complexity index is 1210. The summed E-state index contributed by atoms with van der Waals surface area (Å²) in [5, 5.41) is 9.72. The van der Waals surface area contributed by atoms with Crippen LogP contribution in [0.1, 0.15) is 16.7 Å². The number of para-hydroxylation sites is 2. The number of fused-ring (bicyclic) bond motifs is 3. The highest BCUT2D eigenvalue weighted by Gasteiger charge is 2.29. The monoisotopic (exact) mass is 383 g/mol. The number of piperazine rings is 1. The van der Waals surface area contributed by atoms with Crippen molar-refractivity contribution in [2.45, 2.75) is 13.5 Å². The molecule has 0 atom stereocenters. The lowest BCUT2D eigenvalue weighted by Crippen LogP contribution is -3.13. The number of aryl methyl sites for hydroxylation is 1. The lowest BCUT2D eigenvalue weighted by Gasteiger charge is -2.30. The molecule has 3 heterocycles. The van der Waals surface area contributed by atoms with E-state index in [1.807, 2.05) is 13.0 Å². The molecule has 144 valence electrons. The number of imidazole rings is 1. The molecule has 0 bridgehead atoms. The van der Waals surface area contributed by atoms with E-state index in [1.54, 1.807) is 4.90 Å². The van der Waals surface area contributed by atoms with Gasteiger partial charge < -0.3 is 4.90 Å². The lowest BCUT2D eigenvalue weighted by molar-refractivity contribution is -0.914. The van der Waals surface area contributed by atoms with Gasteiger partial charge in [-0.05, 0) is 24.6 Å². The van der Waals surface area contributed by atoms with Crippen molar-refractivity contribution in [1.29, 1.82) is 5.26 Å². The second-order valence-corrected chi connectivity index (χ2v) is 7.90. The molecule has 2 N–H and O–H groups in total. The van der Waals surface area contributed by atoms with Gasteiger partial charge in [-0.25, -0.2) is 0 Å². The Morgan fingerprint density at radius 1 is 1.07 bits per heavy atom. The number of anilines is 1. The fourth-order valence-corrected chi connectivity index (χ4v) is 4.49. The Morgan fingerprint density at radius 2 is 1.79 bits per heavy atom. The average Bonchev–Trinajstić information content (AvgIpc) is 3.14. The van der Waals surface area contributed by atoms with Crippen LogP contribution in [0, 0.1) is 18.3 Å². The number of H-pyrrole nitrogens is 1. The lowest BCUT2D eigenvalue weighted by atomic mass is 10.1. The molecule has 5 rings (SSSR count). The van der Waals surface area contributed by atoms with Crippen LogP contribution in [0.3, 0.4) is 0 Å². The molecule has 1 saturated heterocycles. The predicted octanol–water partition coefficient (Wildman–Crippen LogP) is 1.99. The van der Waals surface area contributed by atoms with E-state index in [2.05, 4.69) is 75.0 Å². The molecule has 1 aliphatic rings. The van der Waals surface area contributed by atoms with E-state index in [0.29, 0.717) is 0 Å². The highest BCUT2D eigenvalue weighted by molar-refractivity contribution is 5.77. The van der Waals surface area contributed by atoms with Gasteiger partial charge in [-0.15, -0.1) is 0 Å². The van der Waals surface area contributed by atoms with Gasteiger partial charge in [0.25, 0.3) is 0 Å². The Morgan fingerprint density at radius 3 is 2.55 bits per heavy atom. The molecule has 29 heavy (non-hydrogen) atoms. The summed E-state index contributed by atoms with van der Waals surface area (Å²) in [4.78, 5) is 7.56. The number of nitriles is 1. The van der Waals surface area contributed by atoms with Crippen molar-refractivity contribution in [2.75, 3.05) is 31.1 Å². The molecule has 1 fully saturated rings. The Balaban J connectivity index is 1.49. The quantitative estimate of drug-likeness (QED) is 0.532. The van der Waals surface area contributed by atoms with Gasteiger partial charge in [0.05, 0.1) is 0 Å². The summed E-state index contributed by atoms with van der Waals surface area (Å²) in [7, 11) is 0. The summed E-state index contributed by atoms with van der Waals surface area (Å²) in [6.07, 6.45) is 0. The SMILES string of the molecule is Cc1cc(N2CC[NH+](Cc3ccccc3)CC2)[n+]2c([nH]c3ccccc32)c1C#N. The Hall–Kier alpha value is -3.36. The molecule has 1 aliphatic heterocycles. The van der Waals surface area contributed by atoms with Gasteiger partial charge in [0, 0.05) is 11.6 Å². The molecule has 0 aliphatic carbocycles. The van der Waals surface area contributed by atoms with Crippen LogP contribution < -0.4 is 14.2 Å². The maximum atomic E-state index is 9.72. The average molecular weight is 383 g/mol. The van der Waals surface area contributed by atoms with Crippen LogP contribution in [0.25, 0.3) is 16.7 Å². The number of nitrogens with one attached hydrogen (secondary N) is 2. The molecule has 0 spiro atoms. The van der Waals surface area contributed by atoms with E-state index in [9.17, 15) is 5.26 Å². The maximum Gasteiger partial charge on any atom is 0.250 e. The van der Waals surface area contributed by atoms with Crippen molar-refractivity contribution in [3.8, 4) is 6.07 Å². The third kappa shape index (κ3) is 3.12. The predicted molar refractivity (Wildman–Crippen MR) is 114 cm³/mol. The summed E-state index contributed by atoms with van der Waals surface area (Å²) < 4.78 is 2.23. The molecule has 5 heteroatoms. The highest BCUT2D eigenvalue weighted by Crippen LogP contribution is 2.22. The summed E-state index contributed by atoms with van der Waals surface area (Å²) in [6, 6.07) is 23.6. The van der Waals surface area contributed by atoms with E-state index >= 15 is 0 Å². The van der Waals surface area contributed by atoms with Crippen LogP contribution in [0.4, 0.5) is 5.82 Å². The van der Waals surface area contributed by atoms with Gasteiger partial charge in [0.15, 0.2) is 0 Å². The van der Waals surface area contributed by atoms with E-state index < -0.39 is 0 Å². The first-order valence-corrected chi connectivity index (χ1v) is 10.2. The third-order valence-electron chi connectivity index (χ3n) is 6.03. The molecular formula is C24H25N5+2. The molecule has 4 aromatic rings. The van der Waals surface area contributed by atoms with Gasteiger partial charge in [-0.3, -0.25) is 9.88 Å². The molecule has 0 saturated carbocycles. The normalized spacial score (nSPS) is 15.1. The summed E-state index contributed by atoms with van der Waals surface area (Å²) in [6.45, 7) is 7.35. The molecule has 0 unspecified atom stereocenters. The van der Waals surface area contributed by atoms with Crippen LogP contribution in [-0.4, -0.2) is 31.2 Å². The number of benzene rings is 2. The molecule has 2 aromatic heterocycles. The zero-order valence-corrected chi connectivity index (χ0v) is 16.7. The first kappa shape index (κ1) is 17.7. The zero-order chi connectivity index (χ0) is 19.8. The smallest absolute Gasteiger partial charge is 0.250 e. The van der Waals surface area contributed by atoms with Crippen molar-refractivity contribution in [3.63, 3.8) is 0 Å². The molecule has 5 nitrogen and oxygen atoms in total. The van der Waals surface area contributed by atoms with Crippen molar-refractivity contribution >= 4 is 22.5 Å². The molecule has 0 amide bonds. The first-order chi connectivity index (χ1) is 14.2. The number of aromatic nitrogens is 2. The number of hydrogen-bond acceptors (Lipinski definition) is 2. The highest BCUT2D eigenvalue weighted by atomic mass is 15.3. The molecule has 0 radical (unpaired) electrons. The van der Waals surface area contributed by atoms with Gasteiger partial charge >= 0.3 is 0 Å². The van der Waals surface area contributed by atoms with Crippen molar-refractivity contribution in [1.82, 2.24) is 4.98 Å². The molecular weight excluding hydrogens is 358 g/mol. The van der Waals surface area contributed by atoms with Gasteiger partial charge in [0.2, 0.25) is 11.5 Å². The molecule has 2 aromatic carbocycles. The van der Waals surface area contributed by atoms with Crippen LogP contribution in [0.5, 0.6) is 0 Å². The van der Waals surface area contributed by atoms with Gasteiger partial charge in [0.1, 0.15) is 55.4 Å². The minimum Gasteiger partial charge on any atom is -0.326 e. The summed E-state index contributed by atoms with van der Waals surface area (Å²) in [5.74, 6) is 1.17. The number of rotatable bonds is 3. The number of nitrogens with zero attached hydrogens (tertiary/aromatic N) is 3. The van der Waals surface area contributed by atoms with Crippen LogP contribution >= 0.6 is 0 Å². The topological polar surface area (TPSA) is 51.4 Å². The fourth-order valence-electron chi connectivity index (χ4n) is 4.49. The number of hydrogen-bond donors (Lipinski definition) is 2. The van der Waals surface area contributed by atoms with Gasteiger partial charge in [-0.1, -0.05) is 42.5 Å². The summed E-state index contributed by atoms with van der Waals surface area (Å²) in [5.41, 5.74) is 6.21. The number of aromatic amines is 1. The Labute approximate surface area is 170 Å². The summed E-state index contributed by atoms with van der Waals surface area (Å²) >= 11 is 0. The maximum absolute atomic E-state index is 9.72. The van der Waals surface area contributed by atoms with Crippen molar-refractivity contribution in [2.24, 2.45) is 0 Å². The third-order valence-corrected chi connectivity index (χ3v) is 6.03. The number of pyridine rings is 1. The first-order valence-electron chi connectivity index (χ1n) is 10.2. The van der Waals surface area contributed by atoms with E-state index in [0.717, 1.165) is 60.5 Å². The number of quaternary nitrogens is 1. The van der Waals surface area contributed by atoms with E-state index in [-0.39, 0.29) is 0 Å². The van der Waals surface area contributed by atoms with Crippen LogP contribution in [0.15, 0.2) is 60.7 Å². The van der Waals surface area contributed by atoms with E-state index in [4.69, 9.17) is 0 Å². The van der Waals surface area contributed by atoms with Gasteiger partial charge in [-0.2, -0.15) is 9.66 Å². The van der Waals surface area contributed by atoms with E-state index in [1.165, 1.54) is 11.4 Å². The fraction of sp³-hybridized carbons (Fsp3) is 0.250.